The van der Waals surface area contributed by atoms with E-state index in [2.05, 4.69) is 81.2 Å². The van der Waals surface area contributed by atoms with Crippen LogP contribution in [0.5, 0.6) is 0 Å². The van der Waals surface area contributed by atoms with E-state index < -0.39 is 83.5 Å². The van der Waals surface area contributed by atoms with Gasteiger partial charge in [0.05, 0.1) is 32.2 Å². The Kier molecular flexibility index (Phi) is 15.6. The first-order chi connectivity index (χ1) is 27.6. The molecule has 0 aliphatic carbocycles. The van der Waals surface area contributed by atoms with E-state index in [1.165, 1.54) is 54.7 Å². The number of rotatable bonds is 8. The molecular weight excluding hydrogens is 808 g/mol. The number of aromatic nitrogens is 8. The van der Waals surface area contributed by atoms with Crippen LogP contribution in [0.15, 0.2) is 30.1 Å². The van der Waals surface area contributed by atoms with Crippen LogP contribution in [0.2, 0.25) is 0 Å². The summed E-state index contributed by atoms with van der Waals surface area (Å²) in [5.41, 5.74) is 5.47. The zero-order chi connectivity index (χ0) is 42.4. The second-order valence-electron chi connectivity index (χ2n) is 13.2. The molecule has 7 heterocycles. The number of hydrogen-bond acceptors (Lipinski definition) is 19. The second-order valence-corrected chi connectivity index (χ2v) is 16.0. The Morgan fingerprint density at radius 1 is 0.724 bits per heavy atom. The molecule has 3 aliphatic rings. The molecule has 10 atom stereocenters. The largest absolute Gasteiger partial charge is 0.472 e. The summed E-state index contributed by atoms with van der Waals surface area (Å²) in [6, 6.07) is 0. The zero-order valence-corrected chi connectivity index (χ0v) is 34.8. The summed E-state index contributed by atoms with van der Waals surface area (Å²) in [6.07, 6.45) is -7.84. The summed E-state index contributed by atoms with van der Waals surface area (Å²) in [5, 5.41) is 22.1. The third-order valence-electron chi connectivity index (χ3n) is 9.92. The van der Waals surface area contributed by atoms with Crippen LogP contribution < -0.4 is 11.3 Å². The number of nitrogens with two attached hydrogens (primary N) is 1. The summed E-state index contributed by atoms with van der Waals surface area (Å²) in [5.74, 6) is 0.0270. The Morgan fingerprint density at radius 3 is 1.79 bits per heavy atom. The molecule has 2 bridgehead atoms. The number of hydrogen-bond donors (Lipinski definition) is 6. The summed E-state index contributed by atoms with van der Waals surface area (Å²) in [4.78, 5) is 60.4. The number of imidazole rings is 2. The van der Waals surface area contributed by atoms with Gasteiger partial charge in [0.15, 0.2) is 35.1 Å². The molecule has 7 N–H and O–H groups in total. The number of phosphoric ester groups is 2. The number of aromatic amines is 1. The Hall–Kier alpha value is -3.32. The van der Waals surface area contributed by atoms with Gasteiger partial charge in [0.25, 0.3) is 5.56 Å². The molecule has 3 saturated heterocycles. The van der Waals surface area contributed by atoms with Crippen molar-refractivity contribution in [3.8, 4) is 0 Å². The maximum atomic E-state index is 13.2. The molecule has 0 spiro atoms. The third kappa shape index (κ3) is 10.3. The first kappa shape index (κ1) is 45.8. The van der Waals surface area contributed by atoms with Gasteiger partial charge in [-0.3, -0.25) is 32.0 Å². The van der Waals surface area contributed by atoms with Gasteiger partial charge in [-0.15, -0.1) is 0 Å². The van der Waals surface area contributed by atoms with Crippen molar-refractivity contribution in [3.63, 3.8) is 0 Å². The predicted molar refractivity (Wildman–Crippen MR) is 206 cm³/mol. The van der Waals surface area contributed by atoms with Crippen LogP contribution in [0.3, 0.4) is 0 Å². The van der Waals surface area contributed by atoms with E-state index in [9.17, 15) is 33.9 Å². The van der Waals surface area contributed by atoms with E-state index in [0.29, 0.717) is 0 Å². The zero-order valence-electron chi connectivity index (χ0n) is 33.0. The molecule has 0 saturated carbocycles. The molecule has 3 aliphatic heterocycles. The highest BCUT2D eigenvalue weighted by atomic mass is 31.2. The van der Waals surface area contributed by atoms with Crippen molar-refractivity contribution in [2.24, 2.45) is 0 Å². The highest BCUT2D eigenvalue weighted by Gasteiger charge is 2.54. The minimum absolute atomic E-state index is 0.0000713. The molecule has 26 heteroatoms. The average molecular weight is 862 g/mol. The molecule has 0 aromatic carbocycles. The van der Waals surface area contributed by atoms with E-state index in [1.54, 1.807) is 0 Å². The summed E-state index contributed by atoms with van der Waals surface area (Å²) >= 11 is 0. The van der Waals surface area contributed by atoms with E-state index in [0.717, 1.165) is 19.0 Å². The highest BCUT2D eigenvalue weighted by molar-refractivity contribution is 7.47. The number of ether oxygens (including phenoxy) is 2. The number of nitrogens with zero attached hydrogens (tertiary/aromatic N) is 9. The molecule has 7 rings (SSSR count). The minimum atomic E-state index is -5.07. The molecule has 324 valence electrons. The number of H-pyrrole nitrogens is 1. The topological polar surface area (TPSA) is 310 Å². The normalized spacial score (nSPS) is 31.5. The number of aliphatic hydroxyl groups is 2. The van der Waals surface area contributed by atoms with Gasteiger partial charge in [-0.25, -0.2) is 34.0 Å². The van der Waals surface area contributed by atoms with Crippen LogP contribution >= 0.6 is 15.6 Å². The standard InChI is InChI=1S/C20H23N9O13P2.2C6H15N/c21-15-9-16(23-3-22-15)29(5-26-9)20-14-11(30)7(39-20)1-37-43(33,34)41-13-8(2-38-44(35,36)42-14)40-19(12(13)31)28-6-27-10-17(28)24-4-25-18(10)32;2*1-4-7(5-2)6-3/h3-8,11-14,19-20,30-31H,1-2H2,(H,33,34)(H,35,36)(H2,21,22,23)(H,24,25,32);2*4-6H2,1-3H3/t7-,8-,11-,12-,13-,14-,19-,20-;;/m1../s1. The lowest BCUT2D eigenvalue weighted by Crippen LogP contribution is -2.36. The molecule has 24 nitrogen and oxygen atoms in total. The number of anilines is 1. The fraction of sp³-hybridized carbons (Fsp3) is 0.688. The van der Waals surface area contributed by atoms with Crippen molar-refractivity contribution in [1.29, 1.82) is 0 Å². The fourth-order valence-corrected chi connectivity index (χ4v) is 8.45. The number of phosphoric acid groups is 2. The maximum absolute atomic E-state index is 13.2. The van der Waals surface area contributed by atoms with E-state index in [1.807, 2.05) is 0 Å². The molecular formula is C32H53N11O13P2. The van der Waals surface area contributed by atoms with Gasteiger partial charge in [-0.05, 0) is 39.3 Å². The Bertz CT molecular complexity index is 2080. The van der Waals surface area contributed by atoms with Crippen molar-refractivity contribution < 1.29 is 56.7 Å². The molecule has 0 amide bonds. The van der Waals surface area contributed by atoms with E-state index in [-0.39, 0.29) is 28.1 Å². The van der Waals surface area contributed by atoms with Crippen molar-refractivity contribution >= 4 is 43.8 Å². The SMILES string of the molecule is CCN(CC)CC.CCN(CC)CC.Nc1ncnc2c1ncn2[C@@H]1O[C@@H]2COP(=O)(O)O[C@H]3[C@@H](O)[C@H](n4cnc5c(=O)[nH]cnc54)O[C@@H]3COP(=O)(O)O[C@@H]1[C@@H]2O. The van der Waals surface area contributed by atoms with Crippen LogP contribution in [-0.4, -0.2) is 158 Å². The fourth-order valence-electron chi connectivity index (χ4n) is 6.56. The first-order valence-electron chi connectivity index (χ1n) is 18.9. The summed E-state index contributed by atoms with van der Waals surface area (Å²) in [6.45, 7) is 18.6. The maximum Gasteiger partial charge on any atom is 0.472 e. The molecule has 4 aromatic rings. The van der Waals surface area contributed by atoms with Crippen molar-refractivity contribution in [2.75, 3.05) is 58.2 Å². The molecule has 4 aromatic heterocycles. The van der Waals surface area contributed by atoms with Crippen LogP contribution in [0.25, 0.3) is 22.3 Å². The van der Waals surface area contributed by atoms with Crippen molar-refractivity contribution in [1.82, 2.24) is 48.8 Å². The second kappa shape index (κ2) is 19.8. The van der Waals surface area contributed by atoms with Crippen molar-refractivity contribution in [2.45, 2.75) is 90.6 Å². The van der Waals surface area contributed by atoms with Crippen LogP contribution in [0.1, 0.15) is 54.0 Å². The Morgan fingerprint density at radius 2 is 1.22 bits per heavy atom. The van der Waals surface area contributed by atoms with Gasteiger partial charge in [-0.2, -0.15) is 0 Å². The van der Waals surface area contributed by atoms with Gasteiger partial charge in [0.1, 0.15) is 48.5 Å². The number of aliphatic hydroxyl groups excluding tert-OH is 2. The summed E-state index contributed by atoms with van der Waals surface area (Å²) in [7, 11) is -10.1. The van der Waals surface area contributed by atoms with Crippen LogP contribution in [-0.2, 0) is 36.7 Å². The summed E-state index contributed by atoms with van der Waals surface area (Å²) < 4.78 is 61.1. The first-order valence-corrected chi connectivity index (χ1v) is 21.9. The smallest absolute Gasteiger partial charge is 0.387 e. The number of nitrogen functional groups attached to an aromatic ring is 1. The Labute approximate surface area is 333 Å². The van der Waals surface area contributed by atoms with Gasteiger partial charge in [0, 0.05) is 0 Å². The lowest BCUT2D eigenvalue weighted by Gasteiger charge is -2.25. The lowest BCUT2D eigenvalue weighted by atomic mass is 10.1. The van der Waals surface area contributed by atoms with Crippen LogP contribution in [0.4, 0.5) is 5.82 Å². The van der Waals surface area contributed by atoms with Gasteiger partial charge in [0.2, 0.25) is 0 Å². The lowest BCUT2D eigenvalue weighted by molar-refractivity contribution is -0.0672. The number of nitrogens with one attached hydrogen (secondary N) is 1. The molecule has 58 heavy (non-hydrogen) atoms. The van der Waals surface area contributed by atoms with Gasteiger partial charge >= 0.3 is 15.6 Å². The highest BCUT2D eigenvalue weighted by Crippen LogP contribution is 2.53. The predicted octanol–water partition coefficient (Wildman–Crippen LogP) is 0.773. The average Bonchev–Trinajstić information content (AvgIpc) is 3.97. The van der Waals surface area contributed by atoms with Crippen LogP contribution in [0, 0.1) is 0 Å². The molecule has 3 fully saturated rings. The third-order valence-corrected chi connectivity index (χ3v) is 11.9. The van der Waals surface area contributed by atoms with Gasteiger partial charge < -0.3 is 50.0 Å². The monoisotopic (exact) mass is 861 g/mol. The van der Waals surface area contributed by atoms with Crippen molar-refractivity contribution in [3.05, 3.63) is 35.7 Å². The molecule has 0 radical (unpaired) electrons. The van der Waals surface area contributed by atoms with E-state index >= 15 is 0 Å². The Balaban J connectivity index is 0.000000393. The van der Waals surface area contributed by atoms with E-state index in [4.69, 9.17) is 33.3 Å². The quantitative estimate of drug-likeness (QED) is 0.133. The molecule has 2 unspecified atom stereocenters. The minimum Gasteiger partial charge on any atom is -0.387 e. The van der Waals surface area contributed by atoms with Gasteiger partial charge in [-0.1, -0.05) is 41.5 Å². The number of fused-ring (bicyclic) bond motifs is 5.